The van der Waals surface area contributed by atoms with E-state index in [0.717, 1.165) is 6.54 Å². The molecule has 0 bridgehead atoms. The zero-order valence-electron chi connectivity index (χ0n) is 10.1. The van der Waals surface area contributed by atoms with Gasteiger partial charge in [-0.15, -0.1) is 0 Å². The maximum atomic E-state index is 10.6. The molecular weight excluding hydrogens is 275 g/mol. The fourth-order valence-corrected chi connectivity index (χ4v) is 1.84. The molecule has 0 unspecified atom stereocenters. The van der Waals surface area contributed by atoms with Gasteiger partial charge in [-0.2, -0.15) is 0 Å². The van der Waals surface area contributed by atoms with Gasteiger partial charge in [0.05, 0.1) is 10.0 Å². The lowest BCUT2D eigenvalue weighted by atomic mass is 10.3. The van der Waals surface area contributed by atoms with Crippen molar-refractivity contribution >= 4 is 40.7 Å². The molecule has 1 aromatic heterocycles. The fourth-order valence-electron chi connectivity index (χ4n) is 1.35. The third-order valence-electron chi connectivity index (χ3n) is 2.17. The molecule has 0 atom stereocenters. The van der Waals surface area contributed by atoms with Crippen molar-refractivity contribution in [2.24, 2.45) is 5.73 Å². The van der Waals surface area contributed by atoms with E-state index in [4.69, 9.17) is 28.9 Å². The summed E-state index contributed by atoms with van der Waals surface area (Å²) < 4.78 is 0. The lowest BCUT2D eigenvalue weighted by Gasteiger charge is -2.11. The second-order valence-corrected chi connectivity index (χ2v) is 4.49. The molecule has 4 N–H and O–H groups in total. The summed E-state index contributed by atoms with van der Waals surface area (Å²) in [5.74, 6) is 0.808. The van der Waals surface area contributed by atoms with E-state index in [1.807, 2.05) is 6.92 Å². The van der Waals surface area contributed by atoms with E-state index in [1.54, 1.807) is 6.07 Å². The van der Waals surface area contributed by atoms with E-state index in [1.165, 1.54) is 0 Å². The number of hydrogen-bond acceptors (Lipinski definition) is 4. The van der Waals surface area contributed by atoms with Gasteiger partial charge in [-0.25, -0.2) is 4.98 Å². The molecule has 0 saturated carbocycles. The maximum Gasteiger partial charge on any atom is 0.217 e. The van der Waals surface area contributed by atoms with Crippen LogP contribution >= 0.6 is 23.2 Å². The van der Waals surface area contributed by atoms with Crippen LogP contribution in [0.3, 0.4) is 0 Å². The number of aromatic nitrogens is 1. The topological polar surface area (TPSA) is 80.0 Å². The number of anilines is 2. The lowest BCUT2D eigenvalue weighted by molar-refractivity contribution is -0.118. The molecule has 0 aromatic carbocycles. The van der Waals surface area contributed by atoms with Crippen molar-refractivity contribution in [2.45, 2.75) is 19.8 Å². The Kier molecular flexibility index (Phi) is 6.01. The Labute approximate surface area is 116 Å². The van der Waals surface area contributed by atoms with E-state index >= 15 is 0 Å². The third-order valence-corrected chi connectivity index (χ3v) is 2.74. The molecule has 0 radical (unpaired) electrons. The molecule has 0 aliphatic rings. The molecule has 1 rings (SSSR count). The Morgan fingerprint density at radius 2 is 1.94 bits per heavy atom. The monoisotopic (exact) mass is 290 g/mol. The van der Waals surface area contributed by atoms with Crippen LogP contribution in [0.5, 0.6) is 0 Å². The van der Waals surface area contributed by atoms with Crippen LogP contribution in [0.15, 0.2) is 6.07 Å². The highest BCUT2D eigenvalue weighted by molar-refractivity contribution is 6.37. The molecule has 1 aromatic rings. The van der Waals surface area contributed by atoms with Crippen molar-refractivity contribution in [3.8, 4) is 0 Å². The number of amides is 1. The van der Waals surface area contributed by atoms with E-state index in [2.05, 4.69) is 15.6 Å². The zero-order chi connectivity index (χ0) is 13.5. The second-order valence-electron chi connectivity index (χ2n) is 3.68. The Balaban J connectivity index is 2.64. The van der Waals surface area contributed by atoms with Crippen molar-refractivity contribution in [1.82, 2.24) is 4.98 Å². The summed E-state index contributed by atoms with van der Waals surface area (Å²) >= 11 is 12.0. The highest BCUT2D eigenvalue weighted by Gasteiger charge is 2.08. The number of carbonyl (C=O) groups is 1. The number of nitrogens with one attached hydrogen (secondary N) is 2. The number of hydrogen-bond donors (Lipinski definition) is 3. The van der Waals surface area contributed by atoms with Crippen LogP contribution < -0.4 is 16.4 Å². The number of halogens is 2. The lowest BCUT2D eigenvalue weighted by Crippen LogP contribution is -2.13. The SMILES string of the molecule is CCNc1nc(NCCCC(N)=O)c(Cl)cc1Cl. The minimum Gasteiger partial charge on any atom is -0.370 e. The van der Waals surface area contributed by atoms with Gasteiger partial charge in [0.25, 0.3) is 0 Å². The van der Waals surface area contributed by atoms with Crippen LogP contribution in [0.1, 0.15) is 19.8 Å². The number of nitrogens with two attached hydrogens (primary N) is 1. The molecule has 1 amide bonds. The summed E-state index contributed by atoms with van der Waals surface area (Å²) in [5.41, 5.74) is 5.05. The summed E-state index contributed by atoms with van der Waals surface area (Å²) in [6.07, 6.45) is 0.963. The molecule has 0 spiro atoms. The third kappa shape index (κ3) is 4.58. The first-order chi connectivity index (χ1) is 8.54. The largest absolute Gasteiger partial charge is 0.370 e. The normalized spacial score (nSPS) is 10.2. The van der Waals surface area contributed by atoms with E-state index in [0.29, 0.717) is 41.1 Å². The van der Waals surface area contributed by atoms with Crippen LogP contribution in [-0.4, -0.2) is 24.0 Å². The standard InChI is InChI=1S/C11H16Cl2N4O/c1-2-15-10-7(12)6-8(13)11(17-10)16-5-3-4-9(14)18/h6H,2-5H2,1H3,(H2,14,18)(H2,15,16,17). The van der Waals surface area contributed by atoms with Gasteiger partial charge in [0, 0.05) is 19.5 Å². The van der Waals surface area contributed by atoms with Gasteiger partial charge in [0.2, 0.25) is 5.91 Å². The van der Waals surface area contributed by atoms with Crippen LogP contribution in [0.4, 0.5) is 11.6 Å². The predicted molar refractivity (Wildman–Crippen MR) is 75.3 cm³/mol. The number of primary amides is 1. The summed E-state index contributed by atoms with van der Waals surface area (Å²) in [6.45, 7) is 3.24. The van der Waals surface area contributed by atoms with Gasteiger partial charge in [0.1, 0.15) is 11.6 Å². The molecule has 1 heterocycles. The predicted octanol–water partition coefficient (Wildman–Crippen LogP) is 2.50. The minimum absolute atomic E-state index is 0.319. The molecule has 18 heavy (non-hydrogen) atoms. The molecule has 100 valence electrons. The Morgan fingerprint density at radius 3 is 2.50 bits per heavy atom. The Morgan fingerprint density at radius 1 is 1.33 bits per heavy atom. The van der Waals surface area contributed by atoms with Crippen molar-refractivity contribution < 1.29 is 4.79 Å². The number of carbonyl (C=O) groups excluding carboxylic acids is 1. The Hall–Kier alpha value is -1.20. The first-order valence-corrected chi connectivity index (χ1v) is 6.42. The van der Waals surface area contributed by atoms with Gasteiger partial charge in [-0.05, 0) is 19.4 Å². The summed E-state index contributed by atoms with van der Waals surface area (Å²) in [4.78, 5) is 14.9. The number of pyridine rings is 1. The van der Waals surface area contributed by atoms with E-state index in [-0.39, 0.29) is 5.91 Å². The van der Waals surface area contributed by atoms with Crippen molar-refractivity contribution in [2.75, 3.05) is 23.7 Å². The smallest absolute Gasteiger partial charge is 0.217 e. The van der Waals surface area contributed by atoms with Gasteiger partial charge in [-0.3, -0.25) is 4.79 Å². The molecule has 0 aliphatic heterocycles. The molecule has 7 heteroatoms. The summed E-state index contributed by atoms with van der Waals surface area (Å²) in [6, 6.07) is 1.63. The highest BCUT2D eigenvalue weighted by atomic mass is 35.5. The fraction of sp³-hybridized carbons (Fsp3) is 0.455. The van der Waals surface area contributed by atoms with Gasteiger partial charge >= 0.3 is 0 Å². The first-order valence-electron chi connectivity index (χ1n) is 5.66. The number of nitrogens with zero attached hydrogens (tertiary/aromatic N) is 1. The van der Waals surface area contributed by atoms with Crippen LogP contribution in [0, 0.1) is 0 Å². The van der Waals surface area contributed by atoms with Crippen LogP contribution in [-0.2, 0) is 4.79 Å². The molecule has 0 aliphatic carbocycles. The average Bonchev–Trinajstić information content (AvgIpc) is 2.29. The maximum absolute atomic E-state index is 10.6. The van der Waals surface area contributed by atoms with Crippen LogP contribution in [0.25, 0.3) is 0 Å². The summed E-state index contributed by atoms with van der Waals surface area (Å²) in [7, 11) is 0. The van der Waals surface area contributed by atoms with Gasteiger partial charge < -0.3 is 16.4 Å². The second kappa shape index (κ2) is 7.28. The zero-order valence-corrected chi connectivity index (χ0v) is 11.6. The quantitative estimate of drug-likeness (QED) is 0.674. The first kappa shape index (κ1) is 14.9. The van der Waals surface area contributed by atoms with Gasteiger partial charge in [-0.1, -0.05) is 23.2 Å². The minimum atomic E-state index is -0.319. The van der Waals surface area contributed by atoms with Crippen molar-refractivity contribution in [1.29, 1.82) is 0 Å². The van der Waals surface area contributed by atoms with Crippen molar-refractivity contribution in [3.05, 3.63) is 16.1 Å². The Bertz CT molecular complexity index is 426. The van der Waals surface area contributed by atoms with Crippen molar-refractivity contribution in [3.63, 3.8) is 0 Å². The number of rotatable bonds is 7. The van der Waals surface area contributed by atoms with E-state index in [9.17, 15) is 4.79 Å². The summed E-state index contributed by atoms with van der Waals surface area (Å²) in [5, 5.41) is 7.00. The average molecular weight is 291 g/mol. The highest BCUT2D eigenvalue weighted by Crippen LogP contribution is 2.29. The van der Waals surface area contributed by atoms with Crippen LogP contribution in [0.2, 0.25) is 10.0 Å². The van der Waals surface area contributed by atoms with E-state index < -0.39 is 0 Å². The molecule has 5 nitrogen and oxygen atoms in total. The molecule has 0 fully saturated rings. The van der Waals surface area contributed by atoms with Gasteiger partial charge in [0.15, 0.2) is 0 Å². The molecule has 0 saturated heterocycles. The molecular formula is C11H16Cl2N4O.